The molecular weight excluding hydrogens is 192 g/mol. The smallest absolute Gasteiger partial charge is 0.325 e. The number of esters is 1. The lowest BCUT2D eigenvalue weighted by molar-refractivity contribution is -0.142. The first-order chi connectivity index (χ1) is 7.29. The monoisotopic (exact) mass is 206 g/mol. The zero-order valence-corrected chi connectivity index (χ0v) is 8.35. The SMILES string of the molecule is NCC1NC(Cc2ccccc2)C(=O)O1. The summed E-state index contributed by atoms with van der Waals surface area (Å²) in [6.45, 7) is 0.316. The third-order valence-corrected chi connectivity index (χ3v) is 2.43. The molecule has 3 N–H and O–H groups in total. The lowest BCUT2D eigenvalue weighted by atomic mass is 10.1. The molecule has 2 rings (SSSR count). The molecule has 80 valence electrons. The van der Waals surface area contributed by atoms with Crippen LogP contribution >= 0.6 is 0 Å². The Labute approximate surface area is 88.4 Å². The van der Waals surface area contributed by atoms with Crippen molar-refractivity contribution >= 4 is 5.97 Å². The maximum Gasteiger partial charge on any atom is 0.325 e. The Balaban J connectivity index is 1.99. The van der Waals surface area contributed by atoms with E-state index in [9.17, 15) is 4.79 Å². The summed E-state index contributed by atoms with van der Waals surface area (Å²) in [6.07, 6.45) is 0.321. The fraction of sp³-hybridized carbons (Fsp3) is 0.364. The van der Waals surface area contributed by atoms with Crippen LogP contribution in [0.4, 0.5) is 0 Å². The minimum atomic E-state index is -0.328. The van der Waals surface area contributed by atoms with Crippen molar-refractivity contribution in [1.29, 1.82) is 0 Å². The largest absolute Gasteiger partial charge is 0.444 e. The van der Waals surface area contributed by atoms with E-state index < -0.39 is 0 Å². The number of carbonyl (C=O) groups excluding carboxylic acids is 1. The van der Waals surface area contributed by atoms with E-state index in [1.165, 1.54) is 0 Å². The first-order valence-electron chi connectivity index (χ1n) is 5.00. The highest BCUT2D eigenvalue weighted by Crippen LogP contribution is 2.10. The molecule has 0 radical (unpaired) electrons. The second kappa shape index (κ2) is 4.42. The van der Waals surface area contributed by atoms with Crippen LogP contribution in [-0.2, 0) is 16.0 Å². The summed E-state index contributed by atoms with van der Waals surface area (Å²) in [5.74, 6) is -0.214. The molecule has 4 nitrogen and oxygen atoms in total. The summed E-state index contributed by atoms with van der Waals surface area (Å²) in [6, 6.07) is 9.58. The average molecular weight is 206 g/mol. The standard InChI is InChI=1S/C11H14N2O2/c12-7-10-13-9(11(14)15-10)6-8-4-2-1-3-5-8/h1-5,9-10,13H,6-7,12H2. The van der Waals surface area contributed by atoms with Crippen LogP contribution in [0, 0.1) is 0 Å². The van der Waals surface area contributed by atoms with Gasteiger partial charge in [0.25, 0.3) is 0 Å². The third kappa shape index (κ3) is 2.34. The first-order valence-corrected chi connectivity index (χ1v) is 5.00. The highest BCUT2D eigenvalue weighted by Gasteiger charge is 2.32. The zero-order valence-electron chi connectivity index (χ0n) is 8.35. The summed E-state index contributed by atoms with van der Waals surface area (Å²) in [5, 5.41) is 3.04. The van der Waals surface area contributed by atoms with Crippen LogP contribution < -0.4 is 11.1 Å². The molecule has 2 unspecified atom stereocenters. The molecule has 0 aromatic heterocycles. The molecule has 1 saturated heterocycles. The van der Waals surface area contributed by atoms with Gasteiger partial charge in [0.15, 0.2) is 6.23 Å². The van der Waals surface area contributed by atoms with E-state index in [2.05, 4.69) is 5.32 Å². The fourth-order valence-corrected chi connectivity index (χ4v) is 1.66. The van der Waals surface area contributed by atoms with Gasteiger partial charge in [0.05, 0.1) is 0 Å². The Kier molecular flexibility index (Phi) is 2.99. The molecule has 1 fully saturated rings. The first kappa shape index (κ1) is 10.1. The second-order valence-electron chi connectivity index (χ2n) is 3.57. The number of cyclic esters (lactones) is 1. The summed E-state index contributed by atoms with van der Waals surface area (Å²) < 4.78 is 5.02. The van der Waals surface area contributed by atoms with E-state index in [1.54, 1.807) is 0 Å². The van der Waals surface area contributed by atoms with Gasteiger partial charge < -0.3 is 10.5 Å². The van der Waals surface area contributed by atoms with E-state index in [0.29, 0.717) is 13.0 Å². The number of hydrogen-bond acceptors (Lipinski definition) is 4. The van der Waals surface area contributed by atoms with Gasteiger partial charge in [0.1, 0.15) is 6.04 Å². The molecule has 1 aliphatic heterocycles. The van der Waals surface area contributed by atoms with Crippen molar-refractivity contribution in [3.63, 3.8) is 0 Å². The molecule has 0 spiro atoms. The number of carbonyl (C=O) groups is 1. The van der Waals surface area contributed by atoms with Gasteiger partial charge >= 0.3 is 5.97 Å². The maximum absolute atomic E-state index is 11.4. The number of rotatable bonds is 3. The van der Waals surface area contributed by atoms with Crippen molar-refractivity contribution in [2.24, 2.45) is 5.73 Å². The van der Waals surface area contributed by atoms with Crippen molar-refractivity contribution in [2.75, 3.05) is 6.54 Å². The summed E-state index contributed by atoms with van der Waals surface area (Å²) >= 11 is 0. The number of benzene rings is 1. The predicted octanol–water partition coefficient (Wildman–Crippen LogP) is 0.0289. The van der Waals surface area contributed by atoms with Crippen LogP contribution in [0.2, 0.25) is 0 Å². The van der Waals surface area contributed by atoms with Crippen LogP contribution in [0.25, 0.3) is 0 Å². The normalized spacial score (nSPS) is 25.3. The van der Waals surface area contributed by atoms with Crippen LogP contribution in [-0.4, -0.2) is 24.8 Å². The Morgan fingerprint density at radius 2 is 2.07 bits per heavy atom. The van der Waals surface area contributed by atoms with Crippen LogP contribution in [0.5, 0.6) is 0 Å². The van der Waals surface area contributed by atoms with E-state index in [4.69, 9.17) is 10.5 Å². The Morgan fingerprint density at radius 1 is 1.33 bits per heavy atom. The molecule has 1 aromatic carbocycles. The van der Waals surface area contributed by atoms with Gasteiger partial charge in [-0.25, -0.2) is 0 Å². The Bertz CT molecular complexity index is 340. The fourth-order valence-electron chi connectivity index (χ4n) is 1.66. The molecule has 0 aliphatic carbocycles. The number of hydrogen-bond donors (Lipinski definition) is 2. The minimum Gasteiger partial charge on any atom is -0.444 e. The molecule has 4 heteroatoms. The van der Waals surface area contributed by atoms with Gasteiger partial charge in [0.2, 0.25) is 0 Å². The molecular formula is C11H14N2O2. The molecule has 15 heavy (non-hydrogen) atoms. The van der Waals surface area contributed by atoms with Gasteiger partial charge in [-0.05, 0) is 12.0 Å². The molecule has 2 atom stereocenters. The van der Waals surface area contributed by atoms with Gasteiger partial charge in [-0.3, -0.25) is 10.1 Å². The summed E-state index contributed by atoms with van der Waals surface area (Å²) in [5.41, 5.74) is 6.53. The summed E-state index contributed by atoms with van der Waals surface area (Å²) in [4.78, 5) is 11.4. The highest BCUT2D eigenvalue weighted by molar-refractivity contribution is 5.78. The van der Waals surface area contributed by atoms with Crippen LogP contribution in [0.15, 0.2) is 30.3 Å². The van der Waals surface area contributed by atoms with Gasteiger partial charge in [-0.2, -0.15) is 0 Å². The van der Waals surface area contributed by atoms with Crippen molar-refractivity contribution in [2.45, 2.75) is 18.7 Å². The zero-order chi connectivity index (χ0) is 10.7. The van der Waals surface area contributed by atoms with Gasteiger partial charge in [-0.1, -0.05) is 30.3 Å². The lowest BCUT2D eigenvalue weighted by Gasteiger charge is -2.07. The quantitative estimate of drug-likeness (QED) is 0.685. The van der Waals surface area contributed by atoms with Gasteiger partial charge in [-0.15, -0.1) is 0 Å². The van der Waals surface area contributed by atoms with Crippen LogP contribution in [0.1, 0.15) is 5.56 Å². The number of nitrogens with one attached hydrogen (secondary N) is 1. The molecule has 1 aliphatic rings. The predicted molar refractivity (Wildman–Crippen MR) is 56.0 cm³/mol. The van der Waals surface area contributed by atoms with Crippen molar-refractivity contribution in [1.82, 2.24) is 5.32 Å². The minimum absolute atomic E-state index is 0.214. The van der Waals surface area contributed by atoms with Crippen molar-refractivity contribution in [3.8, 4) is 0 Å². The van der Waals surface area contributed by atoms with E-state index in [0.717, 1.165) is 5.56 Å². The highest BCUT2D eigenvalue weighted by atomic mass is 16.6. The van der Waals surface area contributed by atoms with Crippen LogP contribution in [0.3, 0.4) is 0 Å². The van der Waals surface area contributed by atoms with Crippen molar-refractivity contribution in [3.05, 3.63) is 35.9 Å². The van der Waals surface area contributed by atoms with E-state index in [-0.39, 0.29) is 18.2 Å². The van der Waals surface area contributed by atoms with E-state index >= 15 is 0 Å². The number of ether oxygens (including phenoxy) is 1. The summed E-state index contributed by atoms with van der Waals surface area (Å²) in [7, 11) is 0. The Morgan fingerprint density at radius 3 is 2.67 bits per heavy atom. The average Bonchev–Trinajstić information content (AvgIpc) is 2.61. The molecule has 0 amide bonds. The number of nitrogens with two attached hydrogens (primary N) is 1. The molecule has 0 saturated carbocycles. The topological polar surface area (TPSA) is 64.3 Å². The Hall–Kier alpha value is -1.39. The van der Waals surface area contributed by atoms with Crippen molar-refractivity contribution < 1.29 is 9.53 Å². The lowest BCUT2D eigenvalue weighted by Crippen LogP contribution is -2.37. The van der Waals surface area contributed by atoms with Gasteiger partial charge in [0, 0.05) is 6.54 Å². The third-order valence-electron chi connectivity index (χ3n) is 2.43. The van der Waals surface area contributed by atoms with E-state index in [1.807, 2.05) is 30.3 Å². The molecule has 1 aromatic rings. The molecule has 1 heterocycles. The maximum atomic E-state index is 11.4. The molecule has 0 bridgehead atoms. The second-order valence-corrected chi connectivity index (χ2v) is 3.57.